The van der Waals surface area contributed by atoms with Crippen LogP contribution in [-0.4, -0.2) is 18.4 Å². The molecule has 1 saturated heterocycles. The molecule has 1 aromatic heterocycles. The third-order valence-electron chi connectivity index (χ3n) is 3.07. The Labute approximate surface area is 114 Å². The predicted octanol–water partition coefficient (Wildman–Crippen LogP) is 1.95. The van der Waals surface area contributed by atoms with Crippen LogP contribution in [0.4, 0.5) is 5.69 Å². The van der Waals surface area contributed by atoms with Gasteiger partial charge >= 0.3 is 0 Å². The molecule has 4 nitrogen and oxygen atoms in total. The van der Waals surface area contributed by atoms with Crippen molar-refractivity contribution in [2.45, 2.75) is 6.04 Å². The molecule has 0 bridgehead atoms. The van der Waals surface area contributed by atoms with Crippen molar-refractivity contribution in [3.63, 3.8) is 0 Å². The maximum atomic E-state index is 12.5. The first-order valence-corrected chi connectivity index (χ1v) is 6.88. The molecule has 1 unspecified atom stereocenters. The molecule has 1 aliphatic rings. The Morgan fingerprint density at radius 2 is 1.95 bits per heavy atom. The summed E-state index contributed by atoms with van der Waals surface area (Å²) in [7, 11) is 0. The van der Waals surface area contributed by atoms with Crippen LogP contribution in [0, 0.1) is 0 Å². The molecule has 5 heteroatoms. The summed E-state index contributed by atoms with van der Waals surface area (Å²) in [4.78, 5) is 25.8. The molecule has 0 saturated carbocycles. The number of carbonyl (C=O) groups is 2. The molecule has 19 heavy (non-hydrogen) atoms. The number of piperazine rings is 1. The zero-order valence-corrected chi connectivity index (χ0v) is 10.9. The highest BCUT2D eigenvalue weighted by Crippen LogP contribution is 2.25. The Bertz CT molecular complexity index is 595. The standard InChI is InChI=1S/C14H12N2O2S/c17-12-8-16(11-6-7-19-9-11)14(18)13(15-12)10-4-2-1-3-5-10/h1-7,9,13H,8H2,(H,15,17). The van der Waals surface area contributed by atoms with Crippen LogP contribution in [0.15, 0.2) is 47.2 Å². The van der Waals surface area contributed by atoms with Crippen molar-refractivity contribution in [2.24, 2.45) is 0 Å². The quantitative estimate of drug-likeness (QED) is 0.908. The Morgan fingerprint density at radius 1 is 1.16 bits per heavy atom. The maximum absolute atomic E-state index is 12.5. The number of hydrogen-bond acceptors (Lipinski definition) is 3. The topological polar surface area (TPSA) is 49.4 Å². The third kappa shape index (κ3) is 2.24. The molecule has 0 radical (unpaired) electrons. The van der Waals surface area contributed by atoms with E-state index in [9.17, 15) is 9.59 Å². The lowest BCUT2D eigenvalue weighted by molar-refractivity contribution is -0.131. The fourth-order valence-electron chi connectivity index (χ4n) is 2.15. The summed E-state index contributed by atoms with van der Waals surface area (Å²) >= 11 is 1.51. The number of anilines is 1. The number of nitrogens with one attached hydrogen (secondary N) is 1. The fraction of sp³-hybridized carbons (Fsp3) is 0.143. The Hall–Kier alpha value is -2.14. The Kier molecular flexibility index (Phi) is 3.05. The van der Waals surface area contributed by atoms with Crippen molar-refractivity contribution in [3.05, 3.63) is 52.7 Å². The molecule has 1 aromatic carbocycles. The van der Waals surface area contributed by atoms with E-state index in [1.807, 2.05) is 47.2 Å². The van der Waals surface area contributed by atoms with Crippen molar-refractivity contribution in [1.29, 1.82) is 0 Å². The highest BCUT2D eigenvalue weighted by atomic mass is 32.1. The molecule has 1 aliphatic heterocycles. The van der Waals surface area contributed by atoms with E-state index in [1.165, 1.54) is 16.2 Å². The van der Waals surface area contributed by atoms with Crippen LogP contribution in [0.5, 0.6) is 0 Å². The van der Waals surface area contributed by atoms with Gasteiger partial charge in [-0.05, 0) is 17.0 Å². The zero-order chi connectivity index (χ0) is 13.2. The Morgan fingerprint density at radius 3 is 2.63 bits per heavy atom. The first-order valence-electron chi connectivity index (χ1n) is 5.93. The largest absolute Gasteiger partial charge is 0.339 e. The molecule has 1 atom stereocenters. The number of nitrogens with zero attached hydrogens (tertiary/aromatic N) is 1. The molecule has 96 valence electrons. The first-order chi connectivity index (χ1) is 9.25. The second kappa shape index (κ2) is 4.85. The second-order valence-corrected chi connectivity index (χ2v) is 5.10. The molecule has 2 amide bonds. The highest BCUT2D eigenvalue weighted by molar-refractivity contribution is 7.08. The van der Waals surface area contributed by atoms with E-state index in [2.05, 4.69) is 5.32 Å². The predicted molar refractivity (Wildman–Crippen MR) is 74.0 cm³/mol. The van der Waals surface area contributed by atoms with Crippen molar-refractivity contribution >= 4 is 28.8 Å². The van der Waals surface area contributed by atoms with Gasteiger partial charge in [0.05, 0.1) is 5.69 Å². The van der Waals surface area contributed by atoms with Gasteiger partial charge in [0.15, 0.2) is 0 Å². The second-order valence-electron chi connectivity index (χ2n) is 4.32. The van der Waals surface area contributed by atoms with E-state index in [-0.39, 0.29) is 18.4 Å². The van der Waals surface area contributed by atoms with Crippen LogP contribution in [0.1, 0.15) is 11.6 Å². The summed E-state index contributed by atoms with van der Waals surface area (Å²) in [5, 5.41) is 6.52. The molecule has 2 aromatic rings. The van der Waals surface area contributed by atoms with E-state index >= 15 is 0 Å². The molecular formula is C14H12N2O2S. The molecule has 2 heterocycles. The van der Waals surface area contributed by atoms with Crippen molar-refractivity contribution in [2.75, 3.05) is 11.4 Å². The van der Waals surface area contributed by atoms with Crippen LogP contribution in [0.2, 0.25) is 0 Å². The first kappa shape index (κ1) is 11.9. The van der Waals surface area contributed by atoms with Crippen molar-refractivity contribution in [1.82, 2.24) is 5.32 Å². The average Bonchev–Trinajstić information content (AvgIpc) is 2.96. The molecule has 0 spiro atoms. The molecule has 1 fully saturated rings. The van der Waals surface area contributed by atoms with Crippen LogP contribution >= 0.6 is 11.3 Å². The fourth-order valence-corrected chi connectivity index (χ4v) is 2.79. The van der Waals surface area contributed by atoms with E-state index in [4.69, 9.17) is 0 Å². The van der Waals surface area contributed by atoms with Gasteiger partial charge in [-0.3, -0.25) is 9.59 Å². The monoisotopic (exact) mass is 272 g/mol. The number of rotatable bonds is 2. The highest BCUT2D eigenvalue weighted by Gasteiger charge is 2.34. The van der Waals surface area contributed by atoms with E-state index in [0.29, 0.717) is 0 Å². The lowest BCUT2D eigenvalue weighted by atomic mass is 10.0. The van der Waals surface area contributed by atoms with Gasteiger partial charge in [-0.15, -0.1) is 0 Å². The lowest BCUT2D eigenvalue weighted by Crippen LogP contribution is -2.53. The summed E-state index contributed by atoms with van der Waals surface area (Å²) in [6.45, 7) is 0.0822. The van der Waals surface area contributed by atoms with Crippen LogP contribution in [-0.2, 0) is 9.59 Å². The summed E-state index contributed by atoms with van der Waals surface area (Å²) in [5.74, 6) is -0.233. The van der Waals surface area contributed by atoms with Gasteiger partial charge in [0.1, 0.15) is 12.6 Å². The summed E-state index contributed by atoms with van der Waals surface area (Å²) < 4.78 is 0. The number of benzene rings is 1. The zero-order valence-electron chi connectivity index (χ0n) is 10.1. The minimum Gasteiger partial charge on any atom is -0.339 e. The minimum atomic E-state index is -0.595. The Balaban J connectivity index is 1.94. The molecule has 1 N–H and O–H groups in total. The van der Waals surface area contributed by atoms with Gasteiger partial charge < -0.3 is 10.2 Å². The van der Waals surface area contributed by atoms with Gasteiger partial charge in [0, 0.05) is 5.38 Å². The summed E-state index contributed by atoms with van der Waals surface area (Å²) in [6, 6.07) is 10.6. The summed E-state index contributed by atoms with van der Waals surface area (Å²) in [5.41, 5.74) is 1.59. The van der Waals surface area contributed by atoms with Gasteiger partial charge in [0.2, 0.25) is 5.91 Å². The van der Waals surface area contributed by atoms with E-state index in [0.717, 1.165) is 11.3 Å². The number of thiophene rings is 1. The number of amides is 2. The lowest BCUT2D eigenvalue weighted by Gasteiger charge is -2.32. The van der Waals surface area contributed by atoms with E-state index < -0.39 is 6.04 Å². The van der Waals surface area contributed by atoms with Gasteiger partial charge in [-0.2, -0.15) is 11.3 Å². The smallest absolute Gasteiger partial charge is 0.254 e. The minimum absolute atomic E-state index is 0.0822. The van der Waals surface area contributed by atoms with Crippen LogP contribution < -0.4 is 10.2 Å². The van der Waals surface area contributed by atoms with Crippen molar-refractivity contribution < 1.29 is 9.59 Å². The third-order valence-corrected chi connectivity index (χ3v) is 3.74. The van der Waals surface area contributed by atoms with E-state index in [1.54, 1.807) is 0 Å². The van der Waals surface area contributed by atoms with Crippen LogP contribution in [0.25, 0.3) is 0 Å². The average molecular weight is 272 g/mol. The molecule has 0 aliphatic carbocycles. The van der Waals surface area contributed by atoms with Gasteiger partial charge in [0.25, 0.3) is 5.91 Å². The van der Waals surface area contributed by atoms with Gasteiger partial charge in [-0.1, -0.05) is 30.3 Å². The maximum Gasteiger partial charge on any atom is 0.254 e. The molecular weight excluding hydrogens is 260 g/mol. The van der Waals surface area contributed by atoms with Crippen LogP contribution in [0.3, 0.4) is 0 Å². The number of hydrogen-bond donors (Lipinski definition) is 1. The van der Waals surface area contributed by atoms with Crippen molar-refractivity contribution in [3.8, 4) is 0 Å². The molecule has 3 rings (SSSR count). The number of carbonyl (C=O) groups excluding carboxylic acids is 2. The van der Waals surface area contributed by atoms with Gasteiger partial charge in [-0.25, -0.2) is 0 Å². The SMILES string of the molecule is O=C1CN(c2ccsc2)C(=O)C(c2ccccc2)N1. The summed E-state index contributed by atoms with van der Waals surface area (Å²) in [6.07, 6.45) is 0. The normalized spacial score (nSPS) is 19.4.